The average molecular weight is 467 g/mol. The lowest BCUT2D eigenvalue weighted by atomic mass is 9.87. The second-order valence-corrected chi connectivity index (χ2v) is 10.4. The molecule has 0 saturated carbocycles. The summed E-state index contributed by atoms with van der Waals surface area (Å²) in [7, 11) is -4.09. The SMILES string of the molecule is CC(C)(C)c1ccc(S(=O)(=O)Oc2cc(-c3ccccc3)nn2-c2ccccc2Cl)cc1. The second-order valence-electron chi connectivity index (χ2n) is 8.41. The molecular formula is C25H23ClN2O3S. The van der Waals surface area contributed by atoms with Crippen LogP contribution in [0.15, 0.2) is 89.8 Å². The highest BCUT2D eigenvalue weighted by atomic mass is 35.5. The van der Waals surface area contributed by atoms with Gasteiger partial charge in [-0.15, -0.1) is 0 Å². The van der Waals surface area contributed by atoms with Gasteiger partial charge in [0, 0.05) is 11.6 Å². The fourth-order valence-corrected chi connectivity index (χ4v) is 4.38. The fourth-order valence-electron chi connectivity index (χ4n) is 3.25. The first-order chi connectivity index (χ1) is 15.1. The molecule has 32 heavy (non-hydrogen) atoms. The third-order valence-corrected chi connectivity index (χ3v) is 6.59. The zero-order chi connectivity index (χ0) is 22.9. The summed E-state index contributed by atoms with van der Waals surface area (Å²) in [4.78, 5) is 0.0682. The van der Waals surface area contributed by atoms with Crippen LogP contribution in [0.5, 0.6) is 5.88 Å². The van der Waals surface area contributed by atoms with E-state index in [0.717, 1.165) is 11.1 Å². The van der Waals surface area contributed by atoms with Gasteiger partial charge in [-0.1, -0.05) is 87.0 Å². The molecule has 7 heteroatoms. The summed E-state index contributed by atoms with van der Waals surface area (Å²) < 4.78 is 33.1. The van der Waals surface area contributed by atoms with Gasteiger partial charge in [-0.3, -0.25) is 0 Å². The number of benzene rings is 3. The number of halogens is 1. The van der Waals surface area contributed by atoms with E-state index < -0.39 is 10.1 Å². The first-order valence-corrected chi connectivity index (χ1v) is 11.9. The number of rotatable bonds is 5. The Bertz CT molecular complexity index is 1340. The molecular weight excluding hydrogens is 444 g/mol. The first-order valence-electron chi connectivity index (χ1n) is 10.1. The molecule has 1 heterocycles. The monoisotopic (exact) mass is 466 g/mol. The molecule has 1 aromatic heterocycles. The lowest BCUT2D eigenvalue weighted by Gasteiger charge is -2.19. The molecule has 0 atom stereocenters. The van der Waals surface area contributed by atoms with Crippen molar-refractivity contribution in [2.75, 3.05) is 0 Å². The molecule has 3 aromatic carbocycles. The molecule has 4 aromatic rings. The Morgan fingerprint density at radius 1 is 0.875 bits per heavy atom. The van der Waals surface area contributed by atoms with Gasteiger partial charge in [-0.05, 0) is 35.2 Å². The zero-order valence-corrected chi connectivity index (χ0v) is 19.6. The quantitative estimate of drug-likeness (QED) is 0.326. The maximum atomic E-state index is 13.1. The minimum atomic E-state index is -4.09. The summed E-state index contributed by atoms with van der Waals surface area (Å²) in [5, 5.41) is 5.00. The van der Waals surface area contributed by atoms with Crippen LogP contribution in [-0.2, 0) is 15.5 Å². The summed E-state index contributed by atoms with van der Waals surface area (Å²) in [6.07, 6.45) is 0. The van der Waals surface area contributed by atoms with E-state index >= 15 is 0 Å². The summed E-state index contributed by atoms with van der Waals surface area (Å²) in [5.74, 6) is 0.0526. The number of nitrogens with zero attached hydrogens (tertiary/aromatic N) is 2. The molecule has 0 aliphatic rings. The lowest BCUT2D eigenvalue weighted by molar-refractivity contribution is 0.465. The predicted molar refractivity (Wildman–Crippen MR) is 127 cm³/mol. The van der Waals surface area contributed by atoms with Crippen molar-refractivity contribution in [3.63, 3.8) is 0 Å². The van der Waals surface area contributed by atoms with E-state index in [9.17, 15) is 8.42 Å². The van der Waals surface area contributed by atoms with Crippen LogP contribution in [0.2, 0.25) is 5.02 Å². The molecule has 0 bridgehead atoms. The molecule has 4 rings (SSSR count). The minimum absolute atomic E-state index is 0.0526. The average Bonchev–Trinajstić information content (AvgIpc) is 3.17. The van der Waals surface area contributed by atoms with Crippen LogP contribution in [0.3, 0.4) is 0 Å². The van der Waals surface area contributed by atoms with E-state index in [4.69, 9.17) is 15.8 Å². The molecule has 164 valence electrons. The highest BCUT2D eigenvalue weighted by Crippen LogP contribution is 2.31. The molecule has 0 spiro atoms. The third-order valence-electron chi connectivity index (χ3n) is 5.03. The van der Waals surface area contributed by atoms with Crippen LogP contribution in [0.4, 0.5) is 0 Å². The minimum Gasteiger partial charge on any atom is -0.358 e. The van der Waals surface area contributed by atoms with Crippen LogP contribution >= 0.6 is 11.6 Å². The van der Waals surface area contributed by atoms with E-state index in [1.54, 1.807) is 54.6 Å². The third kappa shape index (κ3) is 4.56. The van der Waals surface area contributed by atoms with Gasteiger partial charge < -0.3 is 4.18 Å². The molecule has 0 radical (unpaired) electrons. The van der Waals surface area contributed by atoms with E-state index in [1.807, 2.05) is 30.3 Å². The van der Waals surface area contributed by atoms with Crippen LogP contribution in [-0.4, -0.2) is 18.2 Å². The molecule has 0 unspecified atom stereocenters. The van der Waals surface area contributed by atoms with E-state index in [-0.39, 0.29) is 16.2 Å². The van der Waals surface area contributed by atoms with Gasteiger partial charge in [-0.25, -0.2) is 0 Å². The van der Waals surface area contributed by atoms with E-state index in [1.165, 1.54) is 4.68 Å². The standard InChI is InChI=1S/C25H23ClN2O3S/c1-25(2,3)19-13-15-20(16-14-19)32(29,30)31-24-17-22(18-9-5-4-6-10-18)27-28(24)23-12-8-7-11-21(23)26/h4-17H,1-3H3. The van der Waals surface area contributed by atoms with E-state index in [0.29, 0.717) is 16.4 Å². The summed E-state index contributed by atoms with van der Waals surface area (Å²) in [6, 6.07) is 24.8. The van der Waals surface area contributed by atoms with Crippen LogP contribution in [0.25, 0.3) is 16.9 Å². The summed E-state index contributed by atoms with van der Waals surface area (Å²) >= 11 is 6.37. The molecule has 0 saturated heterocycles. The van der Waals surface area contributed by atoms with Crippen LogP contribution in [0.1, 0.15) is 26.3 Å². The smallest absolute Gasteiger partial charge is 0.340 e. The molecule has 5 nitrogen and oxygen atoms in total. The summed E-state index contributed by atoms with van der Waals surface area (Å²) in [5.41, 5.74) is 2.86. The maximum Gasteiger partial charge on any atom is 0.340 e. The van der Waals surface area contributed by atoms with Gasteiger partial charge in [0.15, 0.2) is 0 Å². The van der Waals surface area contributed by atoms with Crippen molar-refractivity contribution in [1.29, 1.82) is 0 Å². The van der Waals surface area contributed by atoms with Crippen molar-refractivity contribution in [3.8, 4) is 22.8 Å². The van der Waals surface area contributed by atoms with Crippen molar-refractivity contribution >= 4 is 21.7 Å². The second kappa shape index (κ2) is 8.45. The van der Waals surface area contributed by atoms with Gasteiger partial charge in [0.1, 0.15) is 4.90 Å². The predicted octanol–water partition coefficient (Wildman–Crippen LogP) is 6.26. The first kappa shape index (κ1) is 22.1. The number of hydrogen-bond acceptors (Lipinski definition) is 4. The Morgan fingerprint density at radius 3 is 2.12 bits per heavy atom. The number of aromatic nitrogens is 2. The van der Waals surface area contributed by atoms with Gasteiger partial charge in [-0.2, -0.15) is 18.2 Å². The molecule has 0 N–H and O–H groups in total. The number of para-hydroxylation sites is 1. The van der Waals surface area contributed by atoms with Crippen LogP contribution in [0, 0.1) is 0 Å². The highest BCUT2D eigenvalue weighted by molar-refractivity contribution is 7.87. The molecule has 0 aliphatic heterocycles. The Kier molecular flexibility index (Phi) is 5.84. The fraction of sp³-hybridized carbons (Fsp3) is 0.160. The van der Waals surface area contributed by atoms with Crippen molar-refractivity contribution < 1.29 is 12.6 Å². The Balaban J connectivity index is 1.77. The zero-order valence-electron chi connectivity index (χ0n) is 18.0. The van der Waals surface area contributed by atoms with Gasteiger partial charge in [0.05, 0.1) is 16.4 Å². The van der Waals surface area contributed by atoms with E-state index in [2.05, 4.69) is 25.9 Å². The van der Waals surface area contributed by atoms with Crippen molar-refractivity contribution in [2.45, 2.75) is 31.1 Å². The Labute approximate surface area is 193 Å². The molecule has 0 aliphatic carbocycles. The lowest BCUT2D eigenvalue weighted by Crippen LogP contribution is -2.14. The Hall–Kier alpha value is -3.09. The molecule has 0 amide bonds. The van der Waals surface area contributed by atoms with Gasteiger partial charge in [0.25, 0.3) is 0 Å². The largest absolute Gasteiger partial charge is 0.358 e. The van der Waals surface area contributed by atoms with Gasteiger partial charge >= 0.3 is 10.1 Å². The Morgan fingerprint density at radius 2 is 1.50 bits per heavy atom. The number of hydrogen-bond donors (Lipinski definition) is 0. The van der Waals surface area contributed by atoms with Crippen molar-refractivity contribution in [1.82, 2.24) is 9.78 Å². The van der Waals surface area contributed by atoms with Gasteiger partial charge in [0.2, 0.25) is 5.88 Å². The normalized spacial score (nSPS) is 12.0. The topological polar surface area (TPSA) is 61.2 Å². The molecule has 0 fully saturated rings. The maximum absolute atomic E-state index is 13.1. The van der Waals surface area contributed by atoms with Crippen molar-refractivity contribution in [3.05, 3.63) is 95.5 Å². The highest BCUT2D eigenvalue weighted by Gasteiger charge is 2.23. The summed E-state index contributed by atoms with van der Waals surface area (Å²) in [6.45, 7) is 6.21. The van der Waals surface area contributed by atoms with Crippen molar-refractivity contribution in [2.24, 2.45) is 0 Å². The van der Waals surface area contributed by atoms with Crippen LogP contribution < -0.4 is 4.18 Å².